The van der Waals surface area contributed by atoms with Gasteiger partial charge in [-0.05, 0) is 125 Å². The summed E-state index contributed by atoms with van der Waals surface area (Å²) in [6.07, 6.45) is 0. The molecule has 2 aliphatic rings. The van der Waals surface area contributed by atoms with Crippen LogP contribution in [-0.2, 0) is 10.8 Å². The minimum absolute atomic E-state index is 0.395. The summed E-state index contributed by atoms with van der Waals surface area (Å²) in [5.41, 5.74) is 15.5. The number of hydrogen-bond acceptors (Lipinski definition) is 2. The van der Waals surface area contributed by atoms with Crippen LogP contribution in [0, 0.1) is 10.8 Å². The zero-order chi connectivity index (χ0) is 51.6. The number of nitrogens with zero attached hydrogens (tertiary/aromatic N) is 2. The van der Waals surface area contributed by atoms with Crippen LogP contribution in [-0.4, -0.2) is 0 Å². The second-order valence-corrected chi connectivity index (χ2v) is 23.2. The van der Waals surface area contributed by atoms with Crippen LogP contribution >= 0.6 is 0 Å². The summed E-state index contributed by atoms with van der Waals surface area (Å²) in [5, 5.41) is 9.80. The number of fused-ring (bicyclic) bond motifs is 12. The van der Waals surface area contributed by atoms with Gasteiger partial charge in [0.1, 0.15) is 0 Å². The van der Waals surface area contributed by atoms with Crippen molar-refractivity contribution in [3.63, 3.8) is 0 Å². The highest BCUT2D eigenvalue weighted by atomic mass is 15.2. The second-order valence-electron chi connectivity index (χ2n) is 23.2. The van der Waals surface area contributed by atoms with Crippen LogP contribution < -0.4 is 9.80 Å². The van der Waals surface area contributed by atoms with Gasteiger partial charge in [-0.25, -0.2) is 0 Å². The molecule has 0 N–H and O–H groups in total. The van der Waals surface area contributed by atoms with Gasteiger partial charge < -0.3 is 9.80 Å². The normalized spacial score (nSPS) is 16.7. The molecular weight excluding hydrogens is 917 g/mol. The molecule has 0 saturated heterocycles. The first-order valence-electron chi connectivity index (χ1n) is 27.0. The van der Waals surface area contributed by atoms with Gasteiger partial charge in [0.25, 0.3) is 0 Å². The van der Waals surface area contributed by atoms with Crippen molar-refractivity contribution in [2.75, 3.05) is 9.80 Å². The molecule has 0 spiro atoms. The van der Waals surface area contributed by atoms with Gasteiger partial charge in [-0.3, -0.25) is 0 Å². The summed E-state index contributed by atoms with van der Waals surface area (Å²) in [4.78, 5) is 5.10. The monoisotopic (exact) mass is 976 g/mol. The van der Waals surface area contributed by atoms with E-state index in [0.29, 0.717) is 0 Å². The van der Waals surface area contributed by atoms with Crippen molar-refractivity contribution in [2.45, 2.75) is 52.4 Å². The average Bonchev–Trinajstić information content (AvgIpc) is 4.12. The molecule has 2 aliphatic carbocycles. The first kappa shape index (κ1) is 45.9. The molecule has 12 aromatic rings. The van der Waals surface area contributed by atoms with Gasteiger partial charge in [-0.1, -0.05) is 248 Å². The maximum Gasteiger partial charge on any atom is 0.0543 e. The Labute approximate surface area is 447 Å². The van der Waals surface area contributed by atoms with Crippen LogP contribution in [0.4, 0.5) is 34.1 Å². The number of hydrogen-bond donors (Lipinski definition) is 0. The zero-order valence-corrected chi connectivity index (χ0v) is 44.1. The fourth-order valence-electron chi connectivity index (χ4n) is 14.9. The predicted octanol–water partition coefficient (Wildman–Crippen LogP) is 20.6. The molecule has 0 aliphatic heterocycles. The summed E-state index contributed by atoms with van der Waals surface area (Å²) >= 11 is 0. The Morgan fingerprint density at radius 1 is 0.263 bits per heavy atom. The maximum atomic E-state index is 2.65. The van der Waals surface area contributed by atoms with Gasteiger partial charge in [0.15, 0.2) is 0 Å². The lowest BCUT2D eigenvalue weighted by molar-refractivity contribution is 0.0595. The van der Waals surface area contributed by atoms with E-state index >= 15 is 0 Å². The lowest BCUT2D eigenvalue weighted by Crippen LogP contribution is -2.62. The molecule has 2 unspecified atom stereocenters. The fourth-order valence-corrected chi connectivity index (χ4v) is 14.9. The molecule has 0 saturated carbocycles. The number of benzene rings is 12. The number of anilines is 6. The van der Waals surface area contributed by atoms with Crippen molar-refractivity contribution >= 4 is 77.2 Å². The maximum absolute atomic E-state index is 2.65. The Balaban J connectivity index is 1.18. The minimum atomic E-state index is -0.678. The van der Waals surface area contributed by atoms with Crippen molar-refractivity contribution in [1.82, 2.24) is 0 Å². The van der Waals surface area contributed by atoms with E-state index in [-0.39, 0.29) is 0 Å². The van der Waals surface area contributed by atoms with E-state index in [9.17, 15) is 0 Å². The highest BCUT2D eigenvalue weighted by molar-refractivity contribution is 6.15. The van der Waals surface area contributed by atoms with E-state index < -0.39 is 21.7 Å². The highest BCUT2D eigenvalue weighted by Gasteiger charge is 2.71. The largest absolute Gasteiger partial charge is 0.309 e. The van der Waals surface area contributed by atoms with E-state index in [1.165, 1.54) is 99.0 Å². The summed E-state index contributed by atoms with van der Waals surface area (Å²) in [6, 6.07) is 96.1. The third kappa shape index (κ3) is 6.22. The van der Waals surface area contributed by atoms with Crippen LogP contribution in [0.3, 0.4) is 0 Å². The second kappa shape index (κ2) is 16.9. The number of para-hydroxylation sites is 2. The molecule has 0 aromatic heterocycles. The van der Waals surface area contributed by atoms with E-state index in [0.717, 1.165) is 22.7 Å². The van der Waals surface area contributed by atoms with Crippen molar-refractivity contribution in [3.05, 3.63) is 277 Å². The van der Waals surface area contributed by atoms with E-state index in [1.54, 1.807) is 0 Å². The van der Waals surface area contributed by atoms with E-state index in [4.69, 9.17) is 0 Å². The molecule has 2 atom stereocenters. The first-order valence-corrected chi connectivity index (χ1v) is 27.0. The first-order chi connectivity index (χ1) is 37.0. The standard InChI is InChI=1S/C74H60N2/c1-71(2,3)73(61-43-23-21-41-59(61)69-57-39-19-17-37-55(57)67(47-63(69)73)75(51-31-9-7-10-32-51)65-45-25-29-49-27-13-15-35-53(49)65)74(72(4,5)6)62-44-24-22-42-60(62)70-58-40-20-18-38-56(58)68(48-64(70)74)76(52-33-11-8-12-34-52)66-46-26-30-50-28-14-16-36-54(50)66/h7-48H,1-6H3. The highest BCUT2D eigenvalue weighted by Crippen LogP contribution is 2.76. The summed E-state index contributed by atoms with van der Waals surface area (Å²) < 4.78 is 0. The summed E-state index contributed by atoms with van der Waals surface area (Å²) in [7, 11) is 0. The Hall–Kier alpha value is -8.72. The van der Waals surface area contributed by atoms with Gasteiger partial charge in [-0.15, -0.1) is 0 Å². The molecule has 0 radical (unpaired) electrons. The van der Waals surface area contributed by atoms with Crippen LogP contribution in [0.25, 0.3) is 65.3 Å². The fraction of sp³-hybridized carbons (Fsp3) is 0.135. The molecule has 0 heterocycles. The van der Waals surface area contributed by atoms with Crippen molar-refractivity contribution < 1.29 is 0 Å². The van der Waals surface area contributed by atoms with Gasteiger partial charge in [0.2, 0.25) is 0 Å². The Bertz CT molecular complexity index is 3980. The zero-order valence-electron chi connectivity index (χ0n) is 44.1. The third-order valence-electron chi connectivity index (χ3n) is 17.4. The van der Waals surface area contributed by atoms with Gasteiger partial charge in [0.05, 0.1) is 22.7 Å². The van der Waals surface area contributed by atoms with Crippen LogP contribution in [0.5, 0.6) is 0 Å². The smallest absolute Gasteiger partial charge is 0.0543 e. The van der Waals surface area contributed by atoms with Crippen molar-refractivity contribution in [3.8, 4) is 22.3 Å². The van der Waals surface area contributed by atoms with Gasteiger partial charge in [-0.2, -0.15) is 0 Å². The SMILES string of the molecule is CC(C)(C)C1(C2(C(C)(C)C)c3ccccc3-c3c2cc(N(c2ccccc2)c2cccc4ccccc24)c2ccccc32)c2ccccc2-c2c1cc(N(c1ccccc1)c1cccc3ccccc13)c1ccccc21. The molecule has 2 heteroatoms. The quantitative estimate of drug-likeness (QED) is 0.157. The van der Waals surface area contributed by atoms with E-state index in [1.807, 2.05) is 0 Å². The van der Waals surface area contributed by atoms with E-state index in [2.05, 4.69) is 306 Å². The van der Waals surface area contributed by atoms with Crippen molar-refractivity contribution in [1.29, 1.82) is 0 Å². The summed E-state index contributed by atoms with van der Waals surface area (Å²) in [6.45, 7) is 15.2. The molecule has 2 nitrogen and oxygen atoms in total. The van der Waals surface area contributed by atoms with Crippen LogP contribution in [0.2, 0.25) is 0 Å². The Morgan fingerprint density at radius 2 is 0.579 bits per heavy atom. The Morgan fingerprint density at radius 3 is 0.974 bits per heavy atom. The molecule has 12 aromatic carbocycles. The summed E-state index contributed by atoms with van der Waals surface area (Å²) in [5.74, 6) is 0. The number of rotatable bonds is 7. The molecule has 366 valence electrons. The lowest BCUT2D eigenvalue weighted by atomic mass is 9.39. The van der Waals surface area contributed by atoms with Crippen LogP contribution in [0.15, 0.2) is 255 Å². The molecule has 14 rings (SSSR count). The molecular formula is C74H60N2. The van der Waals surface area contributed by atoms with Crippen LogP contribution in [0.1, 0.15) is 63.8 Å². The topological polar surface area (TPSA) is 6.48 Å². The third-order valence-corrected chi connectivity index (χ3v) is 17.4. The van der Waals surface area contributed by atoms with Gasteiger partial charge >= 0.3 is 0 Å². The molecule has 0 fully saturated rings. The average molecular weight is 977 g/mol. The van der Waals surface area contributed by atoms with Crippen molar-refractivity contribution in [2.24, 2.45) is 10.8 Å². The predicted molar refractivity (Wildman–Crippen MR) is 324 cm³/mol. The van der Waals surface area contributed by atoms with Gasteiger partial charge in [0, 0.05) is 43.7 Å². The molecule has 0 bridgehead atoms. The minimum Gasteiger partial charge on any atom is -0.309 e. The Kier molecular flexibility index (Phi) is 10.2. The lowest BCUT2D eigenvalue weighted by Gasteiger charge is -2.62. The molecule has 0 amide bonds. The molecule has 76 heavy (non-hydrogen) atoms.